The maximum Gasteiger partial charge on any atom is 0.264 e. The maximum atomic E-state index is 13.4. The lowest BCUT2D eigenvalue weighted by molar-refractivity contribution is -0.127. The molecule has 4 aromatic rings. The fraction of sp³-hybridized carbons (Fsp3) is 0.120. The van der Waals surface area contributed by atoms with Crippen LogP contribution in [0.5, 0.6) is 5.75 Å². The fourth-order valence-corrected chi connectivity index (χ4v) is 5.39. The number of fused-ring (bicyclic) bond motifs is 1. The first-order valence-corrected chi connectivity index (χ1v) is 12.2. The van der Waals surface area contributed by atoms with Crippen LogP contribution in [0.1, 0.15) is 5.56 Å². The zero-order chi connectivity index (χ0) is 23.5. The lowest BCUT2D eigenvalue weighted by atomic mass is 10.1. The van der Waals surface area contributed by atoms with Crippen molar-refractivity contribution in [2.75, 3.05) is 10.8 Å². The number of ether oxygens (including phenoxy) is 1. The van der Waals surface area contributed by atoms with Gasteiger partial charge in [-0.15, -0.1) is 0 Å². The van der Waals surface area contributed by atoms with Gasteiger partial charge in [0.05, 0.1) is 29.1 Å². The van der Waals surface area contributed by atoms with Gasteiger partial charge in [0.15, 0.2) is 6.10 Å². The summed E-state index contributed by atoms with van der Waals surface area (Å²) in [6.45, 7) is 0.114. The average molecular weight is 475 g/mol. The predicted molar refractivity (Wildman–Crippen MR) is 127 cm³/mol. The number of anilines is 1. The molecule has 0 aliphatic carbocycles. The molecule has 1 amide bonds. The first kappa shape index (κ1) is 21.7. The summed E-state index contributed by atoms with van der Waals surface area (Å²) in [5.41, 5.74) is 2.18. The second-order valence-corrected chi connectivity index (χ2v) is 9.60. The van der Waals surface area contributed by atoms with Crippen LogP contribution < -0.4 is 14.4 Å². The largest absolute Gasteiger partial charge is 0.476 e. The Morgan fingerprint density at radius 1 is 0.971 bits per heavy atom. The summed E-state index contributed by atoms with van der Waals surface area (Å²) in [6, 6.07) is 22.6. The number of para-hydroxylation sites is 3. The van der Waals surface area contributed by atoms with E-state index in [2.05, 4.69) is 10.3 Å². The third-order valence-corrected chi connectivity index (χ3v) is 7.38. The van der Waals surface area contributed by atoms with Gasteiger partial charge in [-0.05, 0) is 35.9 Å². The van der Waals surface area contributed by atoms with Crippen LogP contribution in [0.25, 0.3) is 5.69 Å². The first-order chi connectivity index (χ1) is 16.5. The van der Waals surface area contributed by atoms with Crippen LogP contribution >= 0.6 is 0 Å². The van der Waals surface area contributed by atoms with Gasteiger partial charge in [0.25, 0.3) is 15.9 Å². The zero-order valence-corrected chi connectivity index (χ0v) is 18.9. The van der Waals surface area contributed by atoms with E-state index in [0.717, 1.165) is 11.3 Å². The highest BCUT2D eigenvalue weighted by atomic mass is 32.2. The minimum absolute atomic E-state index is 0.136. The second kappa shape index (κ2) is 9.03. The number of carbonyl (C=O) groups excluding carboxylic acids is 1. The second-order valence-electron chi connectivity index (χ2n) is 7.74. The van der Waals surface area contributed by atoms with Crippen molar-refractivity contribution in [1.29, 1.82) is 0 Å². The Labute approximate surface area is 197 Å². The minimum atomic E-state index is -3.88. The Morgan fingerprint density at radius 2 is 1.68 bits per heavy atom. The van der Waals surface area contributed by atoms with Gasteiger partial charge in [0.2, 0.25) is 0 Å². The Hall–Kier alpha value is -4.11. The molecule has 8 nitrogen and oxygen atoms in total. The average Bonchev–Trinajstić information content (AvgIpc) is 3.42. The molecular formula is C25H22N4O4S. The number of amides is 1. The van der Waals surface area contributed by atoms with Crippen LogP contribution in [0.3, 0.4) is 0 Å². The number of imidazole rings is 1. The summed E-state index contributed by atoms with van der Waals surface area (Å²) in [5, 5.41) is 2.89. The van der Waals surface area contributed by atoms with E-state index in [-0.39, 0.29) is 18.0 Å². The quantitative estimate of drug-likeness (QED) is 0.463. The highest BCUT2D eigenvalue weighted by Crippen LogP contribution is 2.36. The molecule has 0 saturated heterocycles. The lowest BCUT2D eigenvalue weighted by Crippen LogP contribution is -2.50. The predicted octanol–water partition coefficient (Wildman–Crippen LogP) is 3.15. The molecule has 0 spiro atoms. The van der Waals surface area contributed by atoms with E-state index in [1.54, 1.807) is 55.0 Å². The maximum absolute atomic E-state index is 13.4. The molecule has 1 atom stereocenters. The van der Waals surface area contributed by atoms with Crippen molar-refractivity contribution in [3.05, 3.63) is 103 Å². The van der Waals surface area contributed by atoms with Gasteiger partial charge in [0, 0.05) is 18.9 Å². The van der Waals surface area contributed by atoms with Gasteiger partial charge in [-0.1, -0.05) is 48.5 Å². The van der Waals surface area contributed by atoms with Crippen molar-refractivity contribution in [3.63, 3.8) is 0 Å². The number of hydrogen-bond donors (Lipinski definition) is 1. The van der Waals surface area contributed by atoms with Gasteiger partial charge in [-0.3, -0.25) is 9.10 Å². The summed E-state index contributed by atoms with van der Waals surface area (Å²) < 4.78 is 35.8. The molecule has 1 N–H and O–H groups in total. The van der Waals surface area contributed by atoms with Crippen LogP contribution in [-0.4, -0.2) is 36.5 Å². The molecule has 0 fully saturated rings. The minimum Gasteiger partial charge on any atom is -0.476 e. The van der Waals surface area contributed by atoms with Crippen molar-refractivity contribution in [2.45, 2.75) is 17.5 Å². The number of hydrogen-bond acceptors (Lipinski definition) is 5. The van der Waals surface area contributed by atoms with E-state index in [0.29, 0.717) is 11.4 Å². The molecule has 2 heterocycles. The van der Waals surface area contributed by atoms with E-state index >= 15 is 0 Å². The number of nitrogens with one attached hydrogen (secondary N) is 1. The van der Waals surface area contributed by atoms with Crippen molar-refractivity contribution in [2.24, 2.45) is 0 Å². The van der Waals surface area contributed by atoms with Crippen molar-refractivity contribution in [1.82, 2.24) is 14.9 Å². The Morgan fingerprint density at radius 3 is 2.44 bits per heavy atom. The highest BCUT2D eigenvalue weighted by Gasteiger charge is 2.37. The van der Waals surface area contributed by atoms with Gasteiger partial charge in [-0.2, -0.15) is 0 Å². The van der Waals surface area contributed by atoms with Crippen molar-refractivity contribution < 1.29 is 17.9 Å². The summed E-state index contributed by atoms with van der Waals surface area (Å²) in [7, 11) is -3.88. The van der Waals surface area contributed by atoms with Crippen molar-refractivity contribution in [3.8, 4) is 11.4 Å². The molecule has 0 bridgehead atoms. The summed E-state index contributed by atoms with van der Waals surface area (Å²) in [4.78, 5) is 17.3. The van der Waals surface area contributed by atoms with E-state index in [9.17, 15) is 13.2 Å². The van der Waals surface area contributed by atoms with Gasteiger partial charge in [-0.25, -0.2) is 13.4 Å². The normalized spacial score (nSPS) is 15.3. The monoisotopic (exact) mass is 474 g/mol. The summed E-state index contributed by atoms with van der Waals surface area (Å²) >= 11 is 0. The lowest BCUT2D eigenvalue weighted by Gasteiger charge is -2.34. The molecule has 0 radical (unpaired) electrons. The van der Waals surface area contributed by atoms with Gasteiger partial charge >= 0.3 is 0 Å². The number of rotatable bonds is 6. The smallest absolute Gasteiger partial charge is 0.264 e. The molecule has 1 aromatic heterocycles. The molecule has 1 aliphatic heterocycles. The molecule has 34 heavy (non-hydrogen) atoms. The topological polar surface area (TPSA) is 93.5 Å². The standard InChI is InChI=1S/C25H22N4O4S/c30-25(27-16-19-8-4-5-11-21(19)28-15-14-26-18-28)24-17-29(22-12-6-7-13-23(22)33-24)34(31,32)20-9-2-1-3-10-20/h1-15,18,24H,16-17H2,(H,27,30)/t24-/m0/s1. The Bertz CT molecular complexity index is 1410. The van der Waals surface area contributed by atoms with E-state index in [1.165, 1.54) is 16.4 Å². The van der Waals surface area contributed by atoms with Gasteiger partial charge < -0.3 is 14.6 Å². The molecule has 0 saturated carbocycles. The number of carbonyl (C=O) groups is 1. The van der Waals surface area contributed by atoms with Crippen LogP contribution in [0.2, 0.25) is 0 Å². The first-order valence-electron chi connectivity index (χ1n) is 10.7. The highest BCUT2D eigenvalue weighted by molar-refractivity contribution is 7.92. The third kappa shape index (κ3) is 4.13. The Balaban J connectivity index is 1.39. The van der Waals surface area contributed by atoms with Crippen LogP contribution in [0.15, 0.2) is 102 Å². The van der Waals surface area contributed by atoms with Crippen LogP contribution in [-0.2, 0) is 21.4 Å². The molecule has 172 valence electrons. The zero-order valence-electron chi connectivity index (χ0n) is 18.1. The molecule has 0 unspecified atom stereocenters. The molecule has 9 heteroatoms. The van der Waals surface area contributed by atoms with Crippen LogP contribution in [0.4, 0.5) is 5.69 Å². The molecular weight excluding hydrogens is 452 g/mol. The van der Waals surface area contributed by atoms with E-state index in [4.69, 9.17) is 4.74 Å². The summed E-state index contributed by atoms with van der Waals surface area (Å²) in [6.07, 6.45) is 4.20. The van der Waals surface area contributed by atoms with Crippen LogP contribution in [0, 0.1) is 0 Å². The van der Waals surface area contributed by atoms with E-state index < -0.39 is 22.0 Å². The van der Waals surface area contributed by atoms with Gasteiger partial charge in [0.1, 0.15) is 5.75 Å². The fourth-order valence-electron chi connectivity index (χ4n) is 3.90. The third-order valence-electron chi connectivity index (χ3n) is 5.59. The Kier molecular flexibility index (Phi) is 5.77. The molecule has 3 aromatic carbocycles. The molecule has 5 rings (SSSR count). The number of nitrogens with zero attached hydrogens (tertiary/aromatic N) is 3. The SMILES string of the molecule is O=C(NCc1ccccc1-n1ccnc1)[C@@H]1CN(S(=O)(=O)c2ccccc2)c2ccccc2O1. The van der Waals surface area contributed by atoms with Crippen molar-refractivity contribution >= 4 is 21.6 Å². The molecule has 1 aliphatic rings. The van der Waals surface area contributed by atoms with E-state index in [1.807, 2.05) is 35.0 Å². The number of benzene rings is 3. The summed E-state index contributed by atoms with van der Waals surface area (Å²) in [5.74, 6) is -0.0598. The number of sulfonamides is 1. The number of aromatic nitrogens is 2.